The first-order valence-electron chi connectivity index (χ1n) is 9.01. The summed E-state index contributed by atoms with van der Waals surface area (Å²) in [7, 11) is 0. The fourth-order valence-electron chi connectivity index (χ4n) is 3.07. The average molecular weight is 425 g/mol. The summed E-state index contributed by atoms with van der Waals surface area (Å²) in [5.41, 5.74) is 3.18. The second-order valence-corrected chi connectivity index (χ2v) is 7.31. The minimum absolute atomic E-state index is 0.286. The van der Waals surface area contributed by atoms with Gasteiger partial charge in [0.05, 0.1) is 17.6 Å². The van der Waals surface area contributed by atoms with Gasteiger partial charge in [-0.15, -0.1) is 0 Å². The van der Waals surface area contributed by atoms with Gasteiger partial charge in [0, 0.05) is 10.7 Å². The number of benzene rings is 3. The molecule has 3 N–H and O–H groups in total. The van der Waals surface area contributed by atoms with Crippen LogP contribution in [0.3, 0.4) is 0 Å². The van der Waals surface area contributed by atoms with Crippen LogP contribution in [0.5, 0.6) is 11.5 Å². The van der Waals surface area contributed by atoms with Crippen molar-refractivity contribution < 1.29 is 19.4 Å². The number of phenols is 2. The fourth-order valence-corrected chi connectivity index (χ4v) is 3.34. The van der Waals surface area contributed by atoms with Crippen molar-refractivity contribution in [3.05, 3.63) is 87.2 Å². The van der Waals surface area contributed by atoms with Gasteiger partial charge in [0.25, 0.3) is 5.91 Å². The van der Waals surface area contributed by atoms with E-state index in [0.717, 1.165) is 23.3 Å². The Morgan fingerprint density at radius 3 is 2.40 bits per heavy atom. The minimum Gasteiger partial charge on any atom is -0.504 e. The van der Waals surface area contributed by atoms with E-state index in [1.807, 2.05) is 31.2 Å². The summed E-state index contributed by atoms with van der Waals surface area (Å²) in [6.07, 6.45) is 0. The summed E-state index contributed by atoms with van der Waals surface area (Å²) in [6.45, 7) is 3.69. The minimum atomic E-state index is -1.04. The number of carbonyl (C=O) groups excluding carboxylic acids is 1. The molecular formula is C23H18ClFN2O3. The lowest BCUT2D eigenvalue weighted by molar-refractivity contribution is 0.102. The Morgan fingerprint density at radius 1 is 1.10 bits per heavy atom. The van der Waals surface area contributed by atoms with Crippen molar-refractivity contribution in [1.82, 2.24) is 0 Å². The van der Waals surface area contributed by atoms with E-state index in [0.29, 0.717) is 16.8 Å². The van der Waals surface area contributed by atoms with Crippen LogP contribution in [0.1, 0.15) is 38.5 Å². The Morgan fingerprint density at radius 2 is 1.77 bits per heavy atom. The van der Waals surface area contributed by atoms with Crippen LogP contribution in [0, 0.1) is 31.0 Å². The molecule has 5 nitrogen and oxygen atoms in total. The number of carbonyl (C=O) groups is 1. The van der Waals surface area contributed by atoms with Gasteiger partial charge in [-0.05, 0) is 48.7 Å². The summed E-state index contributed by atoms with van der Waals surface area (Å²) in [5, 5.41) is 31.9. The first kappa shape index (κ1) is 21.2. The number of nitriles is 1. The summed E-state index contributed by atoms with van der Waals surface area (Å²) < 4.78 is 13.3. The van der Waals surface area contributed by atoms with Crippen molar-refractivity contribution in [2.75, 3.05) is 5.32 Å². The molecule has 1 unspecified atom stereocenters. The average Bonchev–Trinajstić information content (AvgIpc) is 2.71. The highest BCUT2D eigenvalue weighted by Crippen LogP contribution is 2.35. The molecule has 1 atom stereocenters. The third kappa shape index (κ3) is 4.07. The topological polar surface area (TPSA) is 93.4 Å². The first-order chi connectivity index (χ1) is 14.2. The zero-order valence-electron chi connectivity index (χ0n) is 16.2. The van der Waals surface area contributed by atoms with Gasteiger partial charge in [-0.25, -0.2) is 4.39 Å². The van der Waals surface area contributed by atoms with Gasteiger partial charge in [0.15, 0.2) is 17.3 Å². The Balaban J connectivity index is 1.93. The maximum absolute atomic E-state index is 13.3. The highest BCUT2D eigenvalue weighted by atomic mass is 35.5. The Labute approximate surface area is 178 Å². The summed E-state index contributed by atoms with van der Waals surface area (Å²) >= 11 is 6.42. The second-order valence-electron chi connectivity index (χ2n) is 6.91. The molecule has 0 aliphatic heterocycles. The van der Waals surface area contributed by atoms with Crippen LogP contribution < -0.4 is 5.32 Å². The summed E-state index contributed by atoms with van der Waals surface area (Å²) in [4.78, 5) is 12.5. The lowest BCUT2D eigenvalue weighted by Crippen LogP contribution is -2.14. The van der Waals surface area contributed by atoms with E-state index in [4.69, 9.17) is 11.6 Å². The molecule has 0 aromatic heterocycles. The number of nitrogens with one attached hydrogen (secondary N) is 1. The lowest BCUT2D eigenvalue weighted by atomic mass is 9.90. The zero-order chi connectivity index (χ0) is 22.0. The van der Waals surface area contributed by atoms with Gasteiger partial charge in [-0.2, -0.15) is 5.26 Å². The molecule has 0 saturated heterocycles. The SMILES string of the molecule is Cc1ccc(C(C#N)c2cc(C)c(NC(=O)c3ccc(F)c(O)c3O)cc2Cl)cc1. The van der Waals surface area contributed by atoms with Crippen LogP contribution in [-0.2, 0) is 0 Å². The van der Waals surface area contributed by atoms with E-state index in [1.165, 1.54) is 6.07 Å². The molecule has 7 heteroatoms. The molecule has 30 heavy (non-hydrogen) atoms. The van der Waals surface area contributed by atoms with Gasteiger partial charge in [-0.3, -0.25) is 4.79 Å². The molecule has 0 radical (unpaired) electrons. The number of anilines is 1. The Hall–Kier alpha value is -3.56. The quantitative estimate of drug-likeness (QED) is 0.488. The number of rotatable bonds is 4. The molecule has 0 aliphatic carbocycles. The maximum atomic E-state index is 13.3. The number of halogens is 2. The molecule has 0 heterocycles. The van der Waals surface area contributed by atoms with Crippen LogP contribution in [0.15, 0.2) is 48.5 Å². The maximum Gasteiger partial charge on any atom is 0.259 e. The van der Waals surface area contributed by atoms with E-state index < -0.39 is 29.1 Å². The number of aromatic hydroxyl groups is 2. The van der Waals surface area contributed by atoms with E-state index in [9.17, 15) is 24.7 Å². The van der Waals surface area contributed by atoms with E-state index in [-0.39, 0.29) is 10.6 Å². The Kier molecular flexibility index (Phi) is 5.95. The molecule has 0 fully saturated rings. The van der Waals surface area contributed by atoms with Gasteiger partial charge < -0.3 is 15.5 Å². The molecule has 3 aromatic carbocycles. The normalized spacial score (nSPS) is 11.6. The van der Waals surface area contributed by atoms with Crippen LogP contribution in [0.2, 0.25) is 5.02 Å². The van der Waals surface area contributed by atoms with Gasteiger partial charge in [0.2, 0.25) is 0 Å². The molecule has 152 valence electrons. The van der Waals surface area contributed by atoms with Crippen LogP contribution in [0.4, 0.5) is 10.1 Å². The predicted molar refractivity (Wildman–Crippen MR) is 113 cm³/mol. The number of amides is 1. The van der Waals surface area contributed by atoms with Gasteiger partial charge in [0.1, 0.15) is 0 Å². The van der Waals surface area contributed by atoms with E-state index in [2.05, 4.69) is 11.4 Å². The molecule has 1 amide bonds. The van der Waals surface area contributed by atoms with Crippen molar-refractivity contribution in [2.45, 2.75) is 19.8 Å². The Bertz CT molecular complexity index is 1170. The predicted octanol–water partition coefficient (Wildman–Crippen LogP) is 5.41. The summed E-state index contributed by atoms with van der Waals surface area (Å²) in [6, 6.07) is 15.0. The van der Waals surface area contributed by atoms with Crippen LogP contribution in [-0.4, -0.2) is 16.1 Å². The number of hydrogen-bond acceptors (Lipinski definition) is 4. The van der Waals surface area contributed by atoms with Crippen LogP contribution in [0.25, 0.3) is 0 Å². The highest BCUT2D eigenvalue weighted by Gasteiger charge is 2.21. The monoisotopic (exact) mass is 424 g/mol. The highest BCUT2D eigenvalue weighted by molar-refractivity contribution is 6.32. The van der Waals surface area contributed by atoms with Crippen molar-refractivity contribution >= 4 is 23.2 Å². The number of aryl methyl sites for hydroxylation is 2. The van der Waals surface area contributed by atoms with Gasteiger partial charge in [-0.1, -0.05) is 47.5 Å². The summed E-state index contributed by atoms with van der Waals surface area (Å²) in [5.74, 6) is -4.21. The molecule has 0 aliphatic rings. The van der Waals surface area contributed by atoms with Crippen LogP contribution >= 0.6 is 11.6 Å². The molecule has 0 spiro atoms. The number of phenolic OH excluding ortho intramolecular Hbond substituents is 2. The van der Waals surface area contributed by atoms with E-state index >= 15 is 0 Å². The van der Waals surface area contributed by atoms with Gasteiger partial charge >= 0.3 is 0 Å². The third-order valence-electron chi connectivity index (χ3n) is 4.79. The molecule has 3 rings (SSSR count). The largest absolute Gasteiger partial charge is 0.504 e. The molecule has 0 bridgehead atoms. The third-order valence-corrected chi connectivity index (χ3v) is 5.12. The molecular weight excluding hydrogens is 407 g/mol. The zero-order valence-corrected chi connectivity index (χ0v) is 17.0. The standard InChI is InChI=1S/C23H18ClFN2O3/c1-12-3-5-14(6-4-12)17(11-26)16-9-13(2)20(10-18(16)24)27-23(30)15-7-8-19(25)22(29)21(15)28/h3-10,17,28-29H,1-2H3,(H,27,30). The van der Waals surface area contributed by atoms with Crippen molar-refractivity contribution in [3.63, 3.8) is 0 Å². The molecule has 0 saturated carbocycles. The van der Waals surface area contributed by atoms with Crippen molar-refractivity contribution in [2.24, 2.45) is 0 Å². The van der Waals surface area contributed by atoms with Crippen molar-refractivity contribution in [3.8, 4) is 17.6 Å². The number of nitrogens with zero attached hydrogens (tertiary/aromatic N) is 1. The van der Waals surface area contributed by atoms with E-state index in [1.54, 1.807) is 13.0 Å². The first-order valence-corrected chi connectivity index (χ1v) is 9.38. The number of hydrogen-bond donors (Lipinski definition) is 3. The molecule has 3 aromatic rings. The fraction of sp³-hybridized carbons (Fsp3) is 0.130. The lowest BCUT2D eigenvalue weighted by Gasteiger charge is -2.16. The van der Waals surface area contributed by atoms with Crippen molar-refractivity contribution in [1.29, 1.82) is 5.26 Å². The smallest absolute Gasteiger partial charge is 0.259 e. The second kappa shape index (κ2) is 8.44.